The van der Waals surface area contributed by atoms with E-state index in [1.165, 1.54) is 5.56 Å². The number of rotatable bonds is 4. The quantitative estimate of drug-likeness (QED) is 0.870. The molecule has 1 atom stereocenters. The summed E-state index contributed by atoms with van der Waals surface area (Å²) in [6.45, 7) is 0.797. The van der Waals surface area contributed by atoms with Crippen LogP contribution in [0.3, 0.4) is 0 Å². The summed E-state index contributed by atoms with van der Waals surface area (Å²) in [7, 11) is 0. The molecule has 1 heterocycles. The molecular formula is C17H16BrClO2. The van der Waals surface area contributed by atoms with Crippen LogP contribution in [0.5, 0.6) is 5.75 Å². The Morgan fingerprint density at radius 2 is 2.10 bits per heavy atom. The van der Waals surface area contributed by atoms with Gasteiger partial charge < -0.3 is 9.84 Å². The molecule has 0 saturated carbocycles. The van der Waals surface area contributed by atoms with Crippen LogP contribution in [0.25, 0.3) is 0 Å². The fourth-order valence-corrected chi connectivity index (χ4v) is 3.71. The summed E-state index contributed by atoms with van der Waals surface area (Å²) in [6, 6.07) is 11.9. The lowest BCUT2D eigenvalue weighted by Gasteiger charge is -2.18. The van der Waals surface area contributed by atoms with E-state index in [1.807, 2.05) is 36.4 Å². The summed E-state index contributed by atoms with van der Waals surface area (Å²) in [5, 5.41) is 10.5. The number of ether oxygens (including phenoxy) is 1. The molecule has 0 aliphatic carbocycles. The van der Waals surface area contributed by atoms with E-state index in [4.69, 9.17) is 16.3 Å². The Hall–Kier alpha value is -1.03. The van der Waals surface area contributed by atoms with Crippen molar-refractivity contribution in [3.8, 4) is 5.75 Å². The Labute approximate surface area is 137 Å². The van der Waals surface area contributed by atoms with Gasteiger partial charge in [-0.1, -0.05) is 45.7 Å². The first-order valence-corrected chi connectivity index (χ1v) is 8.15. The lowest BCUT2D eigenvalue weighted by molar-refractivity contribution is 0.263. The van der Waals surface area contributed by atoms with E-state index >= 15 is 0 Å². The van der Waals surface area contributed by atoms with E-state index in [0.717, 1.165) is 32.8 Å². The highest BCUT2D eigenvalue weighted by atomic mass is 79.9. The van der Waals surface area contributed by atoms with Crippen molar-refractivity contribution in [1.82, 2.24) is 0 Å². The number of halogens is 2. The van der Waals surface area contributed by atoms with Gasteiger partial charge in [0.15, 0.2) is 0 Å². The molecule has 21 heavy (non-hydrogen) atoms. The maximum Gasteiger partial charge on any atom is 0.125 e. The minimum Gasteiger partial charge on any atom is -0.493 e. The average Bonchev–Trinajstić information content (AvgIpc) is 2.93. The smallest absolute Gasteiger partial charge is 0.125 e. The second-order valence-corrected chi connectivity index (χ2v) is 6.55. The zero-order valence-corrected chi connectivity index (χ0v) is 13.8. The Bertz CT molecular complexity index is 657. The number of aliphatic hydroxyl groups excluding tert-OH is 1. The van der Waals surface area contributed by atoms with Crippen LogP contribution in [0.15, 0.2) is 40.9 Å². The number of hydrogen-bond acceptors (Lipinski definition) is 2. The van der Waals surface area contributed by atoms with Crippen LogP contribution in [0.1, 0.15) is 22.6 Å². The fourth-order valence-electron chi connectivity index (χ4n) is 2.84. The maximum absolute atomic E-state index is 9.79. The number of aliphatic hydroxyl groups is 1. The molecule has 2 aromatic carbocycles. The largest absolute Gasteiger partial charge is 0.493 e. The van der Waals surface area contributed by atoms with Gasteiger partial charge in [-0.25, -0.2) is 0 Å². The summed E-state index contributed by atoms with van der Waals surface area (Å²) in [5.41, 5.74) is 3.35. The fraction of sp³-hybridized carbons (Fsp3) is 0.294. The first-order chi connectivity index (χ1) is 10.2. The second kappa shape index (κ2) is 6.39. The summed E-state index contributed by atoms with van der Waals surface area (Å²) in [6.07, 6.45) is 1.61. The highest BCUT2D eigenvalue weighted by Crippen LogP contribution is 2.36. The van der Waals surface area contributed by atoms with Gasteiger partial charge in [0.1, 0.15) is 5.75 Å². The molecule has 4 heteroatoms. The third-order valence-electron chi connectivity index (χ3n) is 3.86. The van der Waals surface area contributed by atoms with E-state index in [0.29, 0.717) is 13.0 Å². The summed E-state index contributed by atoms with van der Waals surface area (Å²) >= 11 is 9.76. The van der Waals surface area contributed by atoms with Crippen molar-refractivity contribution in [2.75, 3.05) is 13.2 Å². The van der Waals surface area contributed by atoms with Crippen LogP contribution < -0.4 is 4.74 Å². The molecule has 3 rings (SSSR count). The van der Waals surface area contributed by atoms with Gasteiger partial charge in [-0.05, 0) is 41.3 Å². The van der Waals surface area contributed by atoms with Crippen molar-refractivity contribution < 1.29 is 9.84 Å². The zero-order valence-electron chi connectivity index (χ0n) is 11.5. The van der Waals surface area contributed by atoms with E-state index in [-0.39, 0.29) is 12.5 Å². The molecule has 0 saturated heterocycles. The molecule has 1 unspecified atom stereocenters. The van der Waals surface area contributed by atoms with E-state index in [1.54, 1.807) is 0 Å². The SMILES string of the molecule is OCC(Cc1cc(Cl)cc2c1OCC2)c1ccccc1Br. The highest BCUT2D eigenvalue weighted by Gasteiger charge is 2.21. The van der Waals surface area contributed by atoms with Gasteiger partial charge in [0.2, 0.25) is 0 Å². The molecule has 0 radical (unpaired) electrons. The Kier molecular flexibility index (Phi) is 4.53. The predicted octanol–water partition coefficient (Wildman–Crippen LogP) is 4.36. The minimum absolute atomic E-state index is 0.0207. The standard InChI is InChI=1S/C17H16BrClO2/c18-16-4-2-1-3-15(16)13(10-20)7-12-9-14(19)8-11-5-6-21-17(11)12/h1-4,8-9,13,20H,5-7,10H2. The maximum atomic E-state index is 9.79. The van der Waals surface area contributed by atoms with Gasteiger partial charge in [0.25, 0.3) is 0 Å². The molecule has 0 fully saturated rings. The summed E-state index contributed by atoms with van der Waals surface area (Å²) in [4.78, 5) is 0. The van der Waals surface area contributed by atoms with Gasteiger partial charge in [-0.15, -0.1) is 0 Å². The first kappa shape index (κ1) is 14.9. The van der Waals surface area contributed by atoms with Crippen LogP contribution in [-0.2, 0) is 12.8 Å². The van der Waals surface area contributed by atoms with E-state index in [9.17, 15) is 5.11 Å². The van der Waals surface area contributed by atoms with Crippen LogP contribution in [0, 0.1) is 0 Å². The van der Waals surface area contributed by atoms with Crippen molar-refractivity contribution in [2.45, 2.75) is 18.8 Å². The van der Waals surface area contributed by atoms with Crippen LogP contribution >= 0.6 is 27.5 Å². The molecule has 1 N–H and O–H groups in total. The van der Waals surface area contributed by atoms with Crippen molar-refractivity contribution in [3.05, 3.63) is 62.6 Å². The van der Waals surface area contributed by atoms with Crippen molar-refractivity contribution >= 4 is 27.5 Å². The van der Waals surface area contributed by atoms with Crippen LogP contribution in [0.2, 0.25) is 5.02 Å². The average molecular weight is 368 g/mol. The molecule has 110 valence electrons. The molecule has 0 spiro atoms. The number of benzene rings is 2. The van der Waals surface area contributed by atoms with Crippen LogP contribution in [0.4, 0.5) is 0 Å². The predicted molar refractivity (Wildman–Crippen MR) is 88.3 cm³/mol. The van der Waals surface area contributed by atoms with Crippen molar-refractivity contribution in [3.63, 3.8) is 0 Å². The molecule has 0 amide bonds. The van der Waals surface area contributed by atoms with Crippen LogP contribution in [-0.4, -0.2) is 18.3 Å². The third-order valence-corrected chi connectivity index (χ3v) is 4.80. The zero-order chi connectivity index (χ0) is 14.8. The molecule has 1 aliphatic heterocycles. The Balaban J connectivity index is 1.94. The van der Waals surface area contributed by atoms with Gasteiger partial charge in [-0.3, -0.25) is 0 Å². The molecule has 0 bridgehead atoms. The first-order valence-electron chi connectivity index (χ1n) is 6.98. The van der Waals surface area contributed by atoms with E-state index in [2.05, 4.69) is 15.9 Å². The normalized spacial score (nSPS) is 14.6. The number of fused-ring (bicyclic) bond motifs is 1. The topological polar surface area (TPSA) is 29.5 Å². The lowest BCUT2D eigenvalue weighted by atomic mass is 9.91. The molecule has 2 aromatic rings. The van der Waals surface area contributed by atoms with Gasteiger partial charge in [-0.2, -0.15) is 0 Å². The monoisotopic (exact) mass is 366 g/mol. The van der Waals surface area contributed by atoms with Crippen molar-refractivity contribution in [1.29, 1.82) is 0 Å². The molecule has 0 aromatic heterocycles. The highest BCUT2D eigenvalue weighted by molar-refractivity contribution is 9.10. The van der Waals surface area contributed by atoms with Gasteiger partial charge in [0, 0.05) is 21.8 Å². The van der Waals surface area contributed by atoms with Crippen molar-refractivity contribution in [2.24, 2.45) is 0 Å². The van der Waals surface area contributed by atoms with Gasteiger partial charge in [0.05, 0.1) is 13.2 Å². The molecule has 2 nitrogen and oxygen atoms in total. The summed E-state index contributed by atoms with van der Waals surface area (Å²) in [5.74, 6) is 0.970. The lowest BCUT2D eigenvalue weighted by Crippen LogP contribution is -2.09. The number of hydrogen-bond donors (Lipinski definition) is 1. The minimum atomic E-state index is 0.0207. The Morgan fingerprint density at radius 3 is 2.86 bits per heavy atom. The third kappa shape index (κ3) is 3.10. The Morgan fingerprint density at radius 1 is 1.29 bits per heavy atom. The molecule has 1 aliphatic rings. The van der Waals surface area contributed by atoms with E-state index < -0.39 is 0 Å². The molecular weight excluding hydrogens is 352 g/mol. The second-order valence-electron chi connectivity index (χ2n) is 5.26. The summed E-state index contributed by atoms with van der Waals surface area (Å²) < 4.78 is 6.76. The van der Waals surface area contributed by atoms with Gasteiger partial charge >= 0.3 is 0 Å².